The standard InChI is InChI=1S/C24H21N7O2/c1-3-23(32)29-17-4-6-20-19(11-17)24(27-13-25-20)30-16-5-7-21(15(2)10-16)33-18-8-9-31-22(12-18)26-14-28-31/h4-14H,3H2,1-2H3,(H,29,32)(H,25,27,30). The summed E-state index contributed by atoms with van der Waals surface area (Å²) in [6.07, 6.45) is 5.23. The zero-order valence-corrected chi connectivity index (χ0v) is 18.1. The number of aryl methyl sites for hydroxylation is 1. The normalized spacial score (nSPS) is 11.0. The van der Waals surface area contributed by atoms with Crippen LogP contribution in [0.15, 0.2) is 67.4 Å². The van der Waals surface area contributed by atoms with Crippen molar-refractivity contribution in [2.24, 2.45) is 0 Å². The first-order chi connectivity index (χ1) is 16.1. The molecule has 0 saturated carbocycles. The number of aromatic nitrogens is 5. The lowest BCUT2D eigenvalue weighted by Crippen LogP contribution is -2.09. The fourth-order valence-corrected chi connectivity index (χ4v) is 3.45. The van der Waals surface area contributed by atoms with E-state index in [2.05, 4.69) is 30.7 Å². The van der Waals surface area contributed by atoms with Gasteiger partial charge in [0, 0.05) is 35.4 Å². The van der Waals surface area contributed by atoms with Crippen molar-refractivity contribution in [3.8, 4) is 11.5 Å². The third-order valence-corrected chi connectivity index (χ3v) is 5.16. The molecule has 0 aliphatic rings. The van der Waals surface area contributed by atoms with Gasteiger partial charge in [-0.25, -0.2) is 19.5 Å². The van der Waals surface area contributed by atoms with Crippen molar-refractivity contribution in [3.05, 3.63) is 72.9 Å². The molecule has 9 nitrogen and oxygen atoms in total. The summed E-state index contributed by atoms with van der Waals surface area (Å²) in [7, 11) is 0. The van der Waals surface area contributed by atoms with Crippen molar-refractivity contribution in [1.82, 2.24) is 24.6 Å². The predicted octanol–water partition coefficient (Wildman–Crippen LogP) is 4.87. The average molecular weight is 439 g/mol. The number of carbonyl (C=O) groups excluding carboxylic acids is 1. The van der Waals surface area contributed by atoms with Crippen LogP contribution in [-0.4, -0.2) is 30.5 Å². The molecule has 0 bridgehead atoms. The Morgan fingerprint density at radius 2 is 1.88 bits per heavy atom. The summed E-state index contributed by atoms with van der Waals surface area (Å²) in [4.78, 5) is 24.7. The minimum Gasteiger partial charge on any atom is -0.457 e. The molecule has 1 amide bonds. The van der Waals surface area contributed by atoms with Crippen molar-refractivity contribution in [3.63, 3.8) is 0 Å². The number of rotatable bonds is 6. The lowest BCUT2D eigenvalue weighted by atomic mass is 10.1. The summed E-state index contributed by atoms with van der Waals surface area (Å²) in [6, 6.07) is 15.1. The first-order valence-electron chi connectivity index (χ1n) is 10.5. The Morgan fingerprint density at radius 1 is 1.00 bits per heavy atom. The lowest BCUT2D eigenvalue weighted by molar-refractivity contribution is -0.115. The third kappa shape index (κ3) is 4.29. The lowest BCUT2D eigenvalue weighted by Gasteiger charge is -2.13. The Bertz CT molecular complexity index is 1480. The molecule has 3 heterocycles. The number of carbonyl (C=O) groups is 1. The van der Waals surface area contributed by atoms with Crippen LogP contribution in [0.1, 0.15) is 18.9 Å². The smallest absolute Gasteiger partial charge is 0.224 e. The maximum atomic E-state index is 11.8. The fraction of sp³-hybridized carbons (Fsp3) is 0.125. The van der Waals surface area contributed by atoms with Crippen LogP contribution in [0.25, 0.3) is 16.6 Å². The van der Waals surface area contributed by atoms with Gasteiger partial charge in [0.2, 0.25) is 5.91 Å². The van der Waals surface area contributed by atoms with E-state index in [0.29, 0.717) is 29.3 Å². The largest absolute Gasteiger partial charge is 0.457 e. The second-order valence-electron chi connectivity index (χ2n) is 7.49. The van der Waals surface area contributed by atoms with Gasteiger partial charge in [0.1, 0.15) is 30.0 Å². The SMILES string of the molecule is CCC(=O)Nc1ccc2ncnc(Nc3ccc(Oc4ccn5ncnc5c4)c(C)c3)c2c1. The van der Waals surface area contributed by atoms with Gasteiger partial charge in [0.25, 0.3) is 0 Å². The molecule has 0 saturated heterocycles. The van der Waals surface area contributed by atoms with Crippen LogP contribution in [0.3, 0.4) is 0 Å². The van der Waals surface area contributed by atoms with Gasteiger partial charge < -0.3 is 15.4 Å². The number of hydrogen-bond donors (Lipinski definition) is 2. The number of hydrogen-bond acceptors (Lipinski definition) is 7. The maximum Gasteiger partial charge on any atom is 0.224 e. The zero-order valence-electron chi connectivity index (χ0n) is 18.1. The highest BCUT2D eigenvalue weighted by atomic mass is 16.5. The van der Waals surface area contributed by atoms with E-state index in [4.69, 9.17) is 4.74 Å². The third-order valence-electron chi connectivity index (χ3n) is 5.16. The molecule has 3 aromatic heterocycles. The summed E-state index contributed by atoms with van der Waals surface area (Å²) < 4.78 is 7.73. The number of benzene rings is 2. The van der Waals surface area contributed by atoms with Crippen LogP contribution in [0, 0.1) is 6.92 Å². The molecule has 2 aromatic carbocycles. The van der Waals surface area contributed by atoms with Gasteiger partial charge in [-0.05, 0) is 55.0 Å². The molecule has 0 unspecified atom stereocenters. The van der Waals surface area contributed by atoms with Gasteiger partial charge in [-0.1, -0.05) is 6.92 Å². The summed E-state index contributed by atoms with van der Waals surface area (Å²) in [6.45, 7) is 3.79. The van der Waals surface area contributed by atoms with E-state index in [1.165, 1.54) is 12.7 Å². The second-order valence-corrected chi connectivity index (χ2v) is 7.49. The Labute approximate surface area is 189 Å². The quantitative estimate of drug-likeness (QED) is 0.389. The molecule has 0 aliphatic carbocycles. The highest BCUT2D eigenvalue weighted by molar-refractivity contribution is 5.97. The van der Waals surface area contributed by atoms with Crippen molar-refractivity contribution in [2.45, 2.75) is 20.3 Å². The molecule has 2 N–H and O–H groups in total. The number of nitrogens with one attached hydrogen (secondary N) is 2. The van der Waals surface area contributed by atoms with E-state index < -0.39 is 0 Å². The van der Waals surface area contributed by atoms with Crippen molar-refractivity contribution in [2.75, 3.05) is 10.6 Å². The van der Waals surface area contributed by atoms with E-state index in [1.54, 1.807) is 10.7 Å². The van der Waals surface area contributed by atoms with Crippen LogP contribution in [0.2, 0.25) is 0 Å². The Hall–Kier alpha value is -4.53. The van der Waals surface area contributed by atoms with Crippen LogP contribution < -0.4 is 15.4 Å². The molecule has 9 heteroatoms. The number of ether oxygens (including phenoxy) is 1. The van der Waals surface area contributed by atoms with Crippen LogP contribution >= 0.6 is 0 Å². The first-order valence-corrected chi connectivity index (χ1v) is 10.5. The number of pyridine rings is 1. The van der Waals surface area contributed by atoms with E-state index >= 15 is 0 Å². The number of nitrogens with zero attached hydrogens (tertiary/aromatic N) is 5. The van der Waals surface area contributed by atoms with Gasteiger partial charge in [-0.2, -0.15) is 5.10 Å². The van der Waals surface area contributed by atoms with Gasteiger partial charge in [-0.3, -0.25) is 4.79 Å². The van der Waals surface area contributed by atoms with Crippen molar-refractivity contribution < 1.29 is 9.53 Å². The van der Waals surface area contributed by atoms with E-state index in [9.17, 15) is 4.79 Å². The summed E-state index contributed by atoms with van der Waals surface area (Å²) in [5, 5.41) is 11.1. The van der Waals surface area contributed by atoms with Crippen LogP contribution in [0.4, 0.5) is 17.2 Å². The Morgan fingerprint density at radius 3 is 2.73 bits per heavy atom. The molecular formula is C24H21N7O2. The number of amides is 1. The van der Waals surface area contributed by atoms with Crippen LogP contribution in [0.5, 0.6) is 11.5 Å². The topological polar surface area (TPSA) is 106 Å². The van der Waals surface area contributed by atoms with Crippen molar-refractivity contribution >= 4 is 39.6 Å². The highest BCUT2D eigenvalue weighted by Gasteiger charge is 2.09. The Balaban J connectivity index is 1.39. The minimum atomic E-state index is -0.0462. The average Bonchev–Trinajstić information content (AvgIpc) is 3.29. The van der Waals surface area contributed by atoms with E-state index in [0.717, 1.165) is 27.9 Å². The molecule has 33 heavy (non-hydrogen) atoms. The monoisotopic (exact) mass is 439 g/mol. The highest BCUT2D eigenvalue weighted by Crippen LogP contribution is 2.30. The molecule has 0 aliphatic heterocycles. The predicted molar refractivity (Wildman–Crippen MR) is 126 cm³/mol. The van der Waals surface area contributed by atoms with E-state index in [-0.39, 0.29) is 5.91 Å². The zero-order chi connectivity index (χ0) is 22.8. The fourth-order valence-electron chi connectivity index (χ4n) is 3.45. The van der Waals surface area contributed by atoms with Gasteiger partial charge in [-0.15, -0.1) is 0 Å². The minimum absolute atomic E-state index is 0.0462. The summed E-state index contributed by atoms with van der Waals surface area (Å²) >= 11 is 0. The van der Waals surface area contributed by atoms with Crippen LogP contribution in [-0.2, 0) is 4.79 Å². The van der Waals surface area contributed by atoms with E-state index in [1.807, 2.05) is 62.4 Å². The van der Waals surface area contributed by atoms with Crippen molar-refractivity contribution in [1.29, 1.82) is 0 Å². The maximum absolute atomic E-state index is 11.8. The molecule has 5 rings (SSSR count). The first kappa shape index (κ1) is 20.4. The molecule has 0 fully saturated rings. The molecule has 164 valence electrons. The molecule has 0 spiro atoms. The summed E-state index contributed by atoms with van der Waals surface area (Å²) in [5.74, 6) is 2.03. The van der Waals surface area contributed by atoms with Gasteiger partial charge >= 0.3 is 0 Å². The number of anilines is 3. The van der Waals surface area contributed by atoms with Gasteiger partial charge in [0.05, 0.1) is 5.52 Å². The summed E-state index contributed by atoms with van der Waals surface area (Å²) in [5.41, 5.74) is 4.01. The second kappa shape index (κ2) is 8.54. The molecule has 0 radical (unpaired) electrons. The number of fused-ring (bicyclic) bond motifs is 2. The molecule has 0 atom stereocenters. The Kier molecular flexibility index (Phi) is 5.27. The van der Waals surface area contributed by atoms with Gasteiger partial charge in [0.15, 0.2) is 5.65 Å². The molecular weight excluding hydrogens is 418 g/mol. The molecule has 5 aromatic rings.